The van der Waals surface area contributed by atoms with Crippen LogP contribution in [0.1, 0.15) is 21.7 Å². The van der Waals surface area contributed by atoms with Crippen molar-refractivity contribution in [3.05, 3.63) is 59.4 Å². The predicted molar refractivity (Wildman–Crippen MR) is 92.1 cm³/mol. The second kappa shape index (κ2) is 6.42. The van der Waals surface area contributed by atoms with Gasteiger partial charge in [-0.25, -0.2) is 8.42 Å². The van der Waals surface area contributed by atoms with E-state index < -0.39 is 16.0 Å². The SMILES string of the molecule is Cc1ccc(S(=O)(=O)Nc2ccc3oc(CCl)c(C(=O)[O-])c3c2)cc1. The molecule has 0 aliphatic rings. The molecule has 0 saturated carbocycles. The van der Waals surface area contributed by atoms with Gasteiger partial charge in [-0.1, -0.05) is 17.7 Å². The summed E-state index contributed by atoms with van der Waals surface area (Å²) < 4.78 is 32.7. The van der Waals surface area contributed by atoms with Crippen LogP contribution in [0.15, 0.2) is 51.8 Å². The fourth-order valence-electron chi connectivity index (χ4n) is 2.46. The maximum absolute atomic E-state index is 12.4. The number of aromatic carboxylic acids is 1. The molecule has 6 nitrogen and oxygen atoms in total. The Hall–Kier alpha value is -2.51. The molecule has 0 spiro atoms. The maximum atomic E-state index is 12.4. The number of carbonyl (C=O) groups is 1. The molecule has 3 rings (SSSR count). The van der Waals surface area contributed by atoms with Gasteiger partial charge in [0.05, 0.1) is 16.7 Å². The molecule has 0 atom stereocenters. The van der Waals surface area contributed by atoms with Gasteiger partial charge in [0.2, 0.25) is 0 Å². The quantitative estimate of drug-likeness (QED) is 0.688. The second-order valence-corrected chi connectivity index (χ2v) is 7.40. The Morgan fingerprint density at radius 3 is 2.48 bits per heavy atom. The third kappa shape index (κ3) is 3.33. The fraction of sp³-hybridized carbons (Fsp3) is 0.118. The van der Waals surface area contributed by atoms with Crippen molar-refractivity contribution in [2.24, 2.45) is 0 Å². The summed E-state index contributed by atoms with van der Waals surface area (Å²) in [6, 6.07) is 10.7. The number of anilines is 1. The largest absolute Gasteiger partial charge is 0.545 e. The van der Waals surface area contributed by atoms with Crippen molar-refractivity contribution >= 4 is 44.3 Å². The normalized spacial score (nSPS) is 11.6. The van der Waals surface area contributed by atoms with E-state index >= 15 is 0 Å². The molecular weight excluding hydrogens is 366 g/mol. The number of benzene rings is 2. The molecule has 0 bridgehead atoms. The van der Waals surface area contributed by atoms with Gasteiger partial charge in [-0.2, -0.15) is 0 Å². The van der Waals surface area contributed by atoms with Gasteiger partial charge in [-0.05, 0) is 37.3 Å². The molecule has 0 amide bonds. The van der Waals surface area contributed by atoms with E-state index in [1.807, 2.05) is 6.92 Å². The molecule has 0 saturated heterocycles. The number of sulfonamides is 1. The Balaban J connectivity index is 2.03. The van der Waals surface area contributed by atoms with Crippen LogP contribution >= 0.6 is 11.6 Å². The Morgan fingerprint density at radius 1 is 1.20 bits per heavy atom. The first-order chi connectivity index (χ1) is 11.8. The highest BCUT2D eigenvalue weighted by atomic mass is 35.5. The lowest BCUT2D eigenvalue weighted by molar-refractivity contribution is -0.254. The molecule has 1 aromatic heterocycles. The molecule has 1 N–H and O–H groups in total. The van der Waals surface area contributed by atoms with Crippen LogP contribution in [0.2, 0.25) is 0 Å². The zero-order chi connectivity index (χ0) is 18.2. The number of furan rings is 1. The number of carboxylic acid groups (broad SMARTS) is 1. The minimum Gasteiger partial charge on any atom is -0.545 e. The van der Waals surface area contributed by atoms with Crippen LogP contribution in [0, 0.1) is 6.92 Å². The summed E-state index contributed by atoms with van der Waals surface area (Å²) in [4.78, 5) is 11.4. The first kappa shape index (κ1) is 17.3. The lowest BCUT2D eigenvalue weighted by Gasteiger charge is -2.09. The van der Waals surface area contributed by atoms with Crippen molar-refractivity contribution < 1.29 is 22.7 Å². The smallest absolute Gasteiger partial charge is 0.261 e. The standard InChI is InChI=1S/C17H14ClNO5S/c1-10-2-5-12(6-3-10)25(22,23)19-11-4-7-14-13(8-11)16(17(20)21)15(9-18)24-14/h2-8,19H,9H2,1H3,(H,20,21)/p-1. The summed E-state index contributed by atoms with van der Waals surface area (Å²) in [6.07, 6.45) is 0. The number of carboxylic acids is 1. The Kier molecular flexibility index (Phi) is 4.45. The van der Waals surface area contributed by atoms with E-state index in [9.17, 15) is 18.3 Å². The van der Waals surface area contributed by atoms with Crippen LogP contribution < -0.4 is 9.83 Å². The van der Waals surface area contributed by atoms with Gasteiger partial charge in [-0.15, -0.1) is 11.6 Å². The molecule has 3 aromatic rings. The minimum atomic E-state index is -3.80. The van der Waals surface area contributed by atoms with E-state index in [1.54, 1.807) is 12.1 Å². The summed E-state index contributed by atoms with van der Waals surface area (Å²) in [6.45, 7) is 1.85. The van der Waals surface area contributed by atoms with Gasteiger partial charge in [0, 0.05) is 16.6 Å². The van der Waals surface area contributed by atoms with Crippen LogP contribution in [-0.2, 0) is 15.9 Å². The molecule has 0 aliphatic heterocycles. The molecule has 2 aromatic carbocycles. The first-order valence-corrected chi connectivity index (χ1v) is 9.26. The number of halogens is 1. The molecule has 1 heterocycles. The average Bonchev–Trinajstić information content (AvgIpc) is 2.92. The highest BCUT2D eigenvalue weighted by molar-refractivity contribution is 7.92. The molecule has 25 heavy (non-hydrogen) atoms. The minimum absolute atomic E-state index is 0.0650. The highest BCUT2D eigenvalue weighted by Gasteiger charge is 2.18. The van der Waals surface area contributed by atoms with Gasteiger partial charge >= 0.3 is 0 Å². The number of fused-ring (bicyclic) bond motifs is 1. The number of aryl methyl sites for hydroxylation is 1. The number of rotatable bonds is 5. The first-order valence-electron chi connectivity index (χ1n) is 7.24. The van der Waals surface area contributed by atoms with Crippen molar-refractivity contribution in [1.82, 2.24) is 0 Å². The second-order valence-electron chi connectivity index (χ2n) is 5.45. The van der Waals surface area contributed by atoms with Crippen molar-refractivity contribution in [1.29, 1.82) is 0 Å². The lowest BCUT2D eigenvalue weighted by Crippen LogP contribution is -2.23. The monoisotopic (exact) mass is 378 g/mol. The summed E-state index contributed by atoms with van der Waals surface area (Å²) in [5.41, 5.74) is 1.25. The summed E-state index contributed by atoms with van der Waals surface area (Å²) in [5, 5.41) is 11.6. The topological polar surface area (TPSA) is 99.4 Å². The Morgan fingerprint density at radius 2 is 1.88 bits per heavy atom. The summed E-state index contributed by atoms with van der Waals surface area (Å²) in [7, 11) is -3.80. The molecule has 130 valence electrons. The Labute approximate surface area is 149 Å². The van der Waals surface area contributed by atoms with Gasteiger partial charge in [0.25, 0.3) is 10.0 Å². The van der Waals surface area contributed by atoms with E-state index in [1.165, 1.54) is 30.3 Å². The third-order valence-corrected chi connectivity index (χ3v) is 5.31. The van der Waals surface area contributed by atoms with Crippen molar-refractivity contribution in [2.45, 2.75) is 17.7 Å². The predicted octanol–water partition coefficient (Wildman–Crippen LogP) is 2.64. The maximum Gasteiger partial charge on any atom is 0.261 e. The molecule has 0 unspecified atom stereocenters. The van der Waals surface area contributed by atoms with Crippen LogP contribution in [-0.4, -0.2) is 14.4 Å². The van der Waals surface area contributed by atoms with Gasteiger partial charge < -0.3 is 14.3 Å². The molecule has 0 radical (unpaired) electrons. The van der Waals surface area contributed by atoms with E-state index in [2.05, 4.69) is 4.72 Å². The summed E-state index contributed by atoms with van der Waals surface area (Å²) >= 11 is 5.69. The van der Waals surface area contributed by atoms with Crippen LogP contribution in [0.3, 0.4) is 0 Å². The Bertz CT molecular complexity index is 1050. The van der Waals surface area contributed by atoms with Crippen LogP contribution in [0.4, 0.5) is 5.69 Å². The van der Waals surface area contributed by atoms with Gasteiger partial charge in [-0.3, -0.25) is 4.72 Å². The number of carbonyl (C=O) groups excluding carboxylic acids is 1. The number of alkyl halides is 1. The zero-order valence-corrected chi connectivity index (χ0v) is 14.6. The van der Waals surface area contributed by atoms with Crippen molar-refractivity contribution in [2.75, 3.05) is 4.72 Å². The van der Waals surface area contributed by atoms with Crippen molar-refractivity contribution in [3.63, 3.8) is 0 Å². The van der Waals surface area contributed by atoms with E-state index in [0.29, 0.717) is 0 Å². The average molecular weight is 379 g/mol. The molecular formula is C17H13ClNO5S-. The third-order valence-electron chi connectivity index (χ3n) is 3.67. The number of hydrogen-bond donors (Lipinski definition) is 1. The molecule has 8 heteroatoms. The number of hydrogen-bond acceptors (Lipinski definition) is 5. The van der Waals surface area contributed by atoms with E-state index in [4.69, 9.17) is 16.0 Å². The van der Waals surface area contributed by atoms with Crippen molar-refractivity contribution in [3.8, 4) is 0 Å². The lowest BCUT2D eigenvalue weighted by atomic mass is 10.1. The number of nitrogens with one attached hydrogen (secondary N) is 1. The van der Waals surface area contributed by atoms with E-state index in [0.717, 1.165) is 5.56 Å². The summed E-state index contributed by atoms with van der Waals surface area (Å²) in [5.74, 6) is -1.51. The molecule has 0 fully saturated rings. The van der Waals surface area contributed by atoms with Gasteiger partial charge in [0.15, 0.2) is 0 Å². The highest BCUT2D eigenvalue weighted by Crippen LogP contribution is 2.30. The fourth-order valence-corrected chi connectivity index (χ4v) is 3.70. The van der Waals surface area contributed by atoms with Gasteiger partial charge in [0.1, 0.15) is 11.3 Å². The van der Waals surface area contributed by atoms with E-state index in [-0.39, 0.29) is 38.8 Å². The zero-order valence-electron chi connectivity index (χ0n) is 13.1. The van der Waals surface area contributed by atoms with Crippen LogP contribution in [0.25, 0.3) is 11.0 Å². The molecule has 0 aliphatic carbocycles. The van der Waals surface area contributed by atoms with Crippen LogP contribution in [0.5, 0.6) is 0 Å².